The second-order valence-electron chi connectivity index (χ2n) is 9.53. The topological polar surface area (TPSA) is 83.6 Å². The van der Waals surface area contributed by atoms with Gasteiger partial charge in [0.25, 0.3) is 11.2 Å². The lowest BCUT2D eigenvalue weighted by Gasteiger charge is -2.19. The van der Waals surface area contributed by atoms with E-state index < -0.39 is 4.92 Å². The van der Waals surface area contributed by atoms with Crippen LogP contribution in [0.15, 0.2) is 58.1 Å². The number of benzene rings is 1. The van der Waals surface area contributed by atoms with Gasteiger partial charge in [-0.2, -0.15) is 0 Å². The Morgan fingerprint density at radius 1 is 1.08 bits per heavy atom. The van der Waals surface area contributed by atoms with Gasteiger partial charge in [-0.25, -0.2) is 0 Å². The number of hydrogen-bond donors (Lipinski definition) is 0. The van der Waals surface area contributed by atoms with Crippen LogP contribution in [0.4, 0.5) is 5.69 Å². The first-order chi connectivity index (χ1) is 17.7. The van der Waals surface area contributed by atoms with Crippen molar-refractivity contribution in [2.75, 3.05) is 6.61 Å². The Kier molecular flexibility index (Phi) is 12.1. The molecule has 0 aliphatic rings. The zero-order chi connectivity index (χ0) is 27.4. The summed E-state index contributed by atoms with van der Waals surface area (Å²) in [7, 11) is 0. The predicted molar refractivity (Wildman–Crippen MR) is 152 cm³/mol. The lowest BCUT2D eigenvalue weighted by molar-refractivity contribution is -0.384. The van der Waals surface area contributed by atoms with Crippen LogP contribution < -0.4 is 15.0 Å². The molecule has 7 heteroatoms. The first kappa shape index (κ1) is 29.9. The van der Waals surface area contributed by atoms with E-state index in [9.17, 15) is 14.9 Å². The minimum absolute atomic E-state index is 0.0644. The Bertz CT molecular complexity index is 1220. The number of pyridine rings is 1. The number of ether oxygens (including phenoxy) is 2. The summed E-state index contributed by atoms with van der Waals surface area (Å²) in [5.41, 5.74) is 2.56. The van der Waals surface area contributed by atoms with Gasteiger partial charge >= 0.3 is 0 Å². The number of nitro groups is 1. The number of aromatic nitrogens is 1. The van der Waals surface area contributed by atoms with Crippen LogP contribution in [0.2, 0.25) is 0 Å². The maximum Gasteiger partial charge on any atom is 0.297 e. The molecule has 0 radical (unpaired) electrons. The molecule has 2 rings (SSSR count). The highest BCUT2D eigenvalue weighted by atomic mass is 16.6. The van der Waals surface area contributed by atoms with E-state index in [4.69, 9.17) is 9.47 Å². The average molecular weight is 511 g/mol. The van der Waals surface area contributed by atoms with Gasteiger partial charge in [-0.1, -0.05) is 50.3 Å². The molecule has 0 aliphatic carbocycles. The minimum atomic E-state index is -0.442. The summed E-state index contributed by atoms with van der Waals surface area (Å²) in [6.45, 7) is 12.9. The maximum atomic E-state index is 13.8. The fourth-order valence-corrected chi connectivity index (χ4v) is 4.07. The number of nitro benzene ring substituents is 1. The summed E-state index contributed by atoms with van der Waals surface area (Å²) < 4.78 is 13.9. The van der Waals surface area contributed by atoms with Gasteiger partial charge in [-0.15, -0.1) is 0 Å². The molecule has 2 aromatic rings. The Morgan fingerprint density at radius 3 is 2.46 bits per heavy atom. The van der Waals surface area contributed by atoms with Gasteiger partial charge in [0, 0.05) is 30.5 Å². The Hall–Kier alpha value is -3.35. The summed E-state index contributed by atoms with van der Waals surface area (Å²) in [6, 6.07) is 4.56. The zero-order valence-electron chi connectivity index (χ0n) is 23.3. The highest BCUT2D eigenvalue weighted by Crippen LogP contribution is 2.36. The summed E-state index contributed by atoms with van der Waals surface area (Å²) >= 11 is 0. The third kappa shape index (κ3) is 8.62. The molecule has 7 nitrogen and oxygen atoms in total. The zero-order valence-corrected chi connectivity index (χ0v) is 23.3. The number of rotatable bonds is 15. The molecule has 0 amide bonds. The third-order valence-electron chi connectivity index (χ3n) is 6.26. The molecule has 0 saturated heterocycles. The fraction of sp³-hybridized carbons (Fsp3) is 0.500. The molecule has 0 aliphatic heterocycles. The van der Waals surface area contributed by atoms with Crippen molar-refractivity contribution in [3.63, 3.8) is 0 Å². The Morgan fingerprint density at radius 2 is 1.84 bits per heavy atom. The molecule has 1 heterocycles. The molecule has 1 aromatic heterocycles. The van der Waals surface area contributed by atoms with E-state index in [1.54, 1.807) is 10.6 Å². The van der Waals surface area contributed by atoms with Crippen LogP contribution in [0, 0.1) is 10.1 Å². The number of fused-ring (bicyclic) bond motifs is 1. The van der Waals surface area contributed by atoms with Gasteiger partial charge in [0.1, 0.15) is 6.61 Å². The van der Waals surface area contributed by atoms with Gasteiger partial charge in [-0.05, 0) is 65.2 Å². The van der Waals surface area contributed by atoms with Crippen LogP contribution >= 0.6 is 0 Å². The van der Waals surface area contributed by atoms with Gasteiger partial charge in [0.05, 0.1) is 16.2 Å². The van der Waals surface area contributed by atoms with Crippen molar-refractivity contribution in [2.45, 2.75) is 93.0 Å². The smallest absolute Gasteiger partial charge is 0.297 e. The van der Waals surface area contributed by atoms with Crippen molar-refractivity contribution in [3.8, 4) is 11.5 Å². The predicted octanol–water partition coefficient (Wildman–Crippen LogP) is 8.25. The van der Waals surface area contributed by atoms with E-state index >= 15 is 0 Å². The van der Waals surface area contributed by atoms with Crippen LogP contribution in [0.5, 0.6) is 11.5 Å². The molecule has 1 aromatic carbocycles. The monoisotopic (exact) mass is 510 g/mol. The first-order valence-electron chi connectivity index (χ1n) is 13.3. The second kappa shape index (κ2) is 15.0. The van der Waals surface area contributed by atoms with Crippen molar-refractivity contribution in [1.29, 1.82) is 0 Å². The van der Waals surface area contributed by atoms with E-state index in [-0.39, 0.29) is 23.6 Å². The number of allylic oxidation sites excluding steroid dienone is 5. The quantitative estimate of drug-likeness (QED) is 0.0792. The minimum Gasteiger partial charge on any atom is -0.481 e. The van der Waals surface area contributed by atoms with E-state index in [2.05, 4.69) is 33.8 Å². The number of unbranched alkanes of at least 4 members (excludes halogenated alkanes) is 3. The summed E-state index contributed by atoms with van der Waals surface area (Å²) in [5.74, 6) is 1.14. The van der Waals surface area contributed by atoms with Gasteiger partial charge < -0.3 is 14.0 Å². The van der Waals surface area contributed by atoms with Crippen molar-refractivity contribution in [3.05, 3.63) is 73.8 Å². The van der Waals surface area contributed by atoms with Crippen LogP contribution in [0.25, 0.3) is 10.9 Å². The average Bonchev–Trinajstić information content (AvgIpc) is 2.87. The first-order valence-corrected chi connectivity index (χ1v) is 13.3. The van der Waals surface area contributed by atoms with Crippen molar-refractivity contribution in [1.82, 2.24) is 4.57 Å². The maximum absolute atomic E-state index is 13.8. The molecular formula is C30H42N2O5. The third-order valence-corrected chi connectivity index (χ3v) is 6.26. The molecular weight excluding hydrogens is 468 g/mol. The lowest BCUT2D eigenvalue weighted by atomic mass is 10.1. The van der Waals surface area contributed by atoms with Crippen LogP contribution in [0.3, 0.4) is 0 Å². The Balaban J connectivity index is 2.60. The lowest BCUT2D eigenvalue weighted by Crippen LogP contribution is -2.24. The molecule has 0 saturated carbocycles. The van der Waals surface area contributed by atoms with Gasteiger partial charge in [0.2, 0.25) is 5.75 Å². The number of aryl methyl sites for hydroxylation is 1. The van der Waals surface area contributed by atoms with Crippen molar-refractivity contribution >= 4 is 16.6 Å². The largest absolute Gasteiger partial charge is 0.481 e. The SMILES string of the molecule is CC=C(CC)Oc1c(OC/C=C(\C)CCC=C(C)C)c(=O)n(CCCCCC)c2cc([N+](=O)[O-])ccc12. The highest BCUT2D eigenvalue weighted by molar-refractivity contribution is 5.89. The van der Waals surface area contributed by atoms with Gasteiger partial charge in [0.15, 0.2) is 5.75 Å². The number of nitrogens with zero attached hydrogens (tertiary/aromatic N) is 2. The Labute approximate surface area is 220 Å². The van der Waals surface area contributed by atoms with Crippen LogP contribution in [-0.4, -0.2) is 16.1 Å². The fourth-order valence-electron chi connectivity index (χ4n) is 4.07. The molecule has 0 N–H and O–H groups in total. The molecule has 0 bridgehead atoms. The second-order valence-corrected chi connectivity index (χ2v) is 9.53. The number of non-ortho nitro benzene ring substituents is 1. The van der Waals surface area contributed by atoms with Crippen molar-refractivity contribution in [2.24, 2.45) is 0 Å². The van der Waals surface area contributed by atoms with Crippen molar-refractivity contribution < 1.29 is 14.4 Å². The molecule has 0 spiro atoms. The molecule has 37 heavy (non-hydrogen) atoms. The number of hydrogen-bond acceptors (Lipinski definition) is 5. The molecule has 0 unspecified atom stereocenters. The van der Waals surface area contributed by atoms with Crippen LogP contribution in [0.1, 0.15) is 86.5 Å². The summed E-state index contributed by atoms with van der Waals surface area (Å²) in [5, 5.41) is 12.1. The van der Waals surface area contributed by atoms with Crippen LogP contribution in [-0.2, 0) is 6.54 Å². The highest BCUT2D eigenvalue weighted by Gasteiger charge is 2.22. The summed E-state index contributed by atoms with van der Waals surface area (Å²) in [4.78, 5) is 24.9. The molecule has 202 valence electrons. The molecule has 0 atom stereocenters. The van der Waals surface area contributed by atoms with E-state index in [1.165, 1.54) is 23.3 Å². The van der Waals surface area contributed by atoms with E-state index in [0.29, 0.717) is 35.4 Å². The van der Waals surface area contributed by atoms with E-state index in [1.807, 2.05) is 26.0 Å². The standard InChI is InChI=1S/C30H42N2O5/c1-7-10-11-12-19-31-27-21-24(32(34)35)16-17-26(27)28(37-25(8-2)9-3)29(30(31)33)36-20-18-23(6)15-13-14-22(4)5/h8,14,16-18,21H,7,9-13,15,19-20H2,1-6H3/b23-18+,25-8?. The van der Waals surface area contributed by atoms with Gasteiger partial charge in [-0.3, -0.25) is 14.9 Å². The normalized spacial score (nSPS) is 12.1. The summed E-state index contributed by atoms with van der Waals surface area (Å²) in [6.07, 6.45) is 12.5. The molecule has 0 fully saturated rings. The van der Waals surface area contributed by atoms with E-state index in [0.717, 1.165) is 38.5 Å².